The summed E-state index contributed by atoms with van der Waals surface area (Å²) in [5, 5.41) is 7.78. The number of anilines is 1. The molecule has 57 heavy (non-hydrogen) atoms. The monoisotopic (exact) mass is 787 g/mol. The van der Waals surface area contributed by atoms with Gasteiger partial charge in [-0.25, -0.2) is 14.8 Å². The van der Waals surface area contributed by atoms with Crippen molar-refractivity contribution in [2.75, 3.05) is 38.3 Å². The fourth-order valence-electron chi connectivity index (χ4n) is 6.53. The predicted octanol–water partition coefficient (Wildman–Crippen LogP) is 8.44. The Morgan fingerprint density at radius 2 is 1.49 bits per heavy atom. The van der Waals surface area contributed by atoms with Crippen molar-refractivity contribution in [2.45, 2.75) is 33.0 Å². The van der Waals surface area contributed by atoms with Crippen LogP contribution in [0.4, 0.5) is 5.95 Å². The first kappa shape index (κ1) is 38.9. The number of benzene rings is 4. The second kappa shape index (κ2) is 18.5. The Morgan fingerprint density at radius 1 is 0.860 bits per heavy atom. The van der Waals surface area contributed by atoms with E-state index < -0.39 is 5.97 Å². The maximum atomic E-state index is 14.0. The fraction of sp³-hybridized carbons (Fsp3) is 0.250. The van der Waals surface area contributed by atoms with Gasteiger partial charge in [0.15, 0.2) is 11.5 Å². The molecule has 0 bridgehead atoms. The molecule has 0 saturated carbocycles. The van der Waals surface area contributed by atoms with E-state index in [1.165, 1.54) is 12.4 Å². The van der Waals surface area contributed by atoms with Crippen LogP contribution in [-0.2, 0) is 18.0 Å². The van der Waals surface area contributed by atoms with Crippen LogP contribution in [0.2, 0.25) is 5.02 Å². The molecule has 7 rings (SSSR count). The lowest BCUT2D eigenvalue weighted by molar-refractivity contribution is 0.0525. The molecule has 0 spiro atoms. The number of ether oxygens (including phenoxy) is 4. The van der Waals surface area contributed by atoms with Gasteiger partial charge in [-0.1, -0.05) is 89.6 Å². The normalized spacial score (nSPS) is 12.9. The average molecular weight is 788 g/mol. The predicted molar refractivity (Wildman–Crippen MR) is 216 cm³/mol. The van der Waals surface area contributed by atoms with E-state index in [1.807, 2.05) is 84.9 Å². The second-order valence-electron chi connectivity index (χ2n) is 13.4. The van der Waals surface area contributed by atoms with Crippen molar-refractivity contribution in [3.05, 3.63) is 137 Å². The number of methoxy groups -OCH3 is 1. The Morgan fingerprint density at radius 3 is 2.11 bits per heavy atom. The van der Waals surface area contributed by atoms with Gasteiger partial charge in [-0.2, -0.15) is 0 Å². The maximum absolute atomic E-state index is 14.0. The Balaban J connectivity index is 1.12. The highest BCUT2D eigenvalue weighted by atomic mass is 35.5. The van der Waals surface area contributed by atoms with Crippen LogP contribution in [0, 0.1) is 5.92 Å². The zero-order chi connectivity index (χ0) is 39.6. The minimum absolute atomic E-state index is 0.122. The molecule has 12 nitrogen and oxygen atoms in total. The molecule has 0 aliphatic carbocycles. The molecule has 1 saturated heterocycles. The lowest BCUT2D eigenvalue weighted by Crippen LogP contribution is -2.39. The smallest absolute Gasteiger partial charge is 0.341 e. The molecule has 1 fully saturated rings. The highest BCUT2D eigenvalue weighted by Crippen LogP contribution is 2.44. The number of halogens is 1. The van der Waals surface area contributed by atoms with Gasteiger partial charge in [0.2, 0.25) is 5.95 Å². The Kier molecular flexibility index (Phi) is 12.6. The zero-order valence-electron chi connectivity index (χ0n) is 31.7. The highest BCUT2D eigenvalue weighted by molar-refractivity contribution is 6.32. The molecule has 0 atom stereocenters. The van der Waals surface area contributed by atoms with Gasteiger partial charge in [0.25, 0.3) is 5.91 Å². The van der Waals surface area contributed by atoms with Crippen LogP contribution in [0.25, 0.3) is 22.5 Å². The van der Waals surface area contributed by atoms with E-state index in [0.717, 1.165) is 24.0 Å². The molecule has 6 aromatic rings. The molecule has 292 valence electrons. The Hall–Kier alpha value is -6.40. The number of hydrogen-bond acceptors (Lipinski definition) is 11. The topological polar surface area (TPSA) is 138 Å². The molecule has 0 radical (unpaired) electrons. The van der Waals surface area contributed by atoms with Crippen molar-refractivity contribution in [1.82, 2.24) is 20.4 Å². The van der Waals surface area contributed by atoms with Crippen LogP contribution in [-0.4, -0.2) is 60.4 Å². The molecule has 13 heteroatoms. The third-order valence-electron chi connectivity index (χ3n) is 9.64. The van der Waals surface area contributed by atoms with E-state index in [9.17, 15) is 9.59 Å². The maximum Gasteiger partial charge on any atom is 0.341 e. The molecular weight excluding hydrogens is 746 g/mol. The van der Waals surface area contributed by atoms with Crippen LogP contribution in [0.3, 0.4) is 0 Å². The molecular formula is C44H42ClN5O7. The number of piperidine rings is 1. The zero-order valence-corrected chi connectivity index (χ0v) is 32.4. The van der Waals surface area contributed by atoms with Crippen molar-refractivity contribution in [1.29, 1.82) is 0 Å². The van der Waals surface area contributed by atoms with Gasteiger partial charge < -0.3 is 33.7 Å². The summed E-state index contributed by atoms with van der Waals surface area (Å²) >= 11 is 6.89. The number of carbonyl (C=O) groups is 2. The average Bonchev–Trinajstić information content (AvgIpc) is 3.71. The van der Waals surface area contributed by atoms with E-state index in [2.05, 4.69) is 25.3 Å². The minimum Gasteiger partial charge on any atom is -0.497 e. The molecule has 2 aromatic heterocycles. The standard InChI is InChI=1S/C44H42ClN5O7/c1-3-54-43(52)33-25-47-44(48-26-33)50-20-18-29(19-21-50)24-46-42(51)40-39(32-14-16-34(53-2)17-15-32)41(57-49-40)35-22-36(45)38(56-28-31-12-8-5-9-13-31)23-37(35)55-27-30-10-6-4-7-11-30/h4-17,22-23,25-26,29H,3,18-21,24,27-28H2,1-2H3,(H,46,51). The van der Waals surface area contributed by atoms with Gasteiger partial charge in [-0.05, 0) is 60.6 Å². The fourth-order valence-corrected chi connectivity index (χ4v) is 6.75. The molecule has 4 aromatic carbocycles. The minimum atomic E-state index is -0.449. The summed E-state index contributed by atoms with van der Waals surface area (Å²) in [6, 6.07) is 30.4. The number of carbonyl (C=O) groups excluding carboxylic acids is 2. The van der Waals surface area contributed by atoms with E-state index in [1.54, 1.807) is 26.2 Å². The van der Waals surface area contributed by atoms with Gasteiger partial charge in [0, 0.05) is 38.1 Å². The van der Waals surface area contributed by atoms with Crippen LogP contribution in [0.15, 0.2) is 114 Å². The summed E-state index contributed by atoms with van der Waals surface area (Å²) in [6.45, 7) is 4.43. The lowest BCUT2D eigenvalue weighted by Gasteiger charge is -2.32. The molecule has 1 N–H and O–H groups in total. The SMILES string of the molecule is CCOC(=O)c1cnc(N2CCC(CNC(=O)c3noc(-c4cc(Cl)c(OCc5ccccc5)cc4OCc4ccccc4)c3-c3ccc(OC)cc3)CC2)nc1. The third-order valence-corrected chi connectivity index (χ3v) is 9.93. The van der Waals surface area contributed by atoms with Gasteiger partial charge in [0.05, 0.1) is 35.4 Å². The number of aromatic nitrogens is 3. The van der Waals surface area contributed by atoms with Crippen LogP contribution in [0.5, 0.6) is 17.2 Å². The first-order valence-electron chi connectivity index (χ1n) is 18.7. The van der Waals surface area contributed by atoms with Crippen molar-refractivity contribution >= 4 is 29.4 Å². The number of rotatable bonds is 15. The molecule has 1 amide bonds. The van der Waals surface area contributed by atoms with Crippen LogP contribution in [0.1, 0.15) is 51.7 Å². The van der Waals surface area contributed by atoms with E-state index in [4.69, 9.17) is 35.1 Å². The molecule has 1 aliphatic heterocycles. The number of hydrogen-bond donors (Lipinski definition) is 1. The number of esters is 1. The molecule has 3 heterocycles. The van der Waals surface area contributed by atoms with Crippen LogP contribution >= 0.6 is 11.6 Å². The first-order valence-corrected chi connectivity index (χ1v) is 19.1. The number of nitrogens with one attached hydrogen (secondary N) is 1. The summed E-state index contributed by atoms with van der Waals surface area (Å²) in [5.74, 6) is 1.77. The second-order valence-corrected chi connectivity index (χ2v) is 13.8. The summed E-state index contributed by atoms with van der Waals surface area (Å²) in [7, 11) is 1.60. The summed E-state index contributed by atoms with van der Waals surface area (Å²) in [6.07, 6.45) is 4.58. The Labute approximate surface area is 335 Å². The number of nitrogens with zero attached hydrogens (tertiary/aromatic N) is 4. The van der Waals surface area contributed by atoms with E-state index in [0.29, 0.717) is 82.5 Å². The van der Waals surface area contributed by atoms with Crippen LogP contribution < -0.4 is 24.4 Å². The summed E-state index contributed by atoms with van der Waals surface area (Å²) < 4.78 is 29.1. The van der Waals surface area contributed by atoms with Gasteiger partial charge in [-0.3, -0.25) is 4.79 Å². The quantitative estimate of drug-likeness (QED) is 0.100. The molecule has 0 unspecified atom stereocenters. The number of amides is 1. The van der Waals surface area contributed by atoms with E-state index in [-0.39, 0.29) is 30.7 Å². The van der Waals surface area contributed by atoms with Crippen molar-refractivity contribution in [2.24, 2.45) is 5.92 Å². The van der Waals surface area contributed by atoms with Crippen molar-refractivity contribution in [3.63, 3.8) is 0 Å². The first-order chi connectivity index (χ1) is 27.9. The van der Waals surface area contributed by atoms with E-state index >= 15 is 0 Å². The van der Waals surface area contributed by atoms with Crippen molar-refractivity contribution in [3.8, 4) is 39.7 Å². The summed E-state index contributed by atoms with van der Waals surface area (Å²) in [5.41, 5.74) is 4.05. The molecule has 1 aliphatic rings. The van der Waals surface area contributed by atoms with Gasteiger partial charge >= 0.3 is 5.97 Å². The lowest BCUT2D eigenvalue weighted by atomic mass is 9.96. The Bertz CT molecular complexity index is 2260. The van der Waals surface area contributed by atoms with Gasteiger partial charge in [0.1, 0.15) is 30.5 Å². The third kappa shape index (κ3) is 9.53. The largest absolute Gasteiger partial charge is 0.497 e. The summed E-state index contributed by atoms with van der Waals surface area (Å²) in [4.78, 5) is 36.8. The highest BCUT2D eigenvalue weighted by Gasteiger charge is 2.29. The van der Waals surface area contributed by atoms with Gasteiger partial charge in [-0.15, -0.1) is 0 Å². The van der Waals surface area contributed by atoms with Crippen molar-refractivity contribution < 1.29 is 33.1 Å².